The maximum absolute atomic E-state index is 5.15. The van der Waals surface area contributed by atoms with E-state index in [1.165, 1.54) is 0 Å². The van der Waals surface area contributed by atoms with Crippen molar-refractivity contribution in [1.29, 1.82) is 0 Å². The van der Waals surface area contributed by atoms with Gasteiger partial charge in [-0.2, -0.15) is 0 Å². The molecule has 0 bridgehead atoms. The molecular formula is C15H28N4O2. The Bertz CT molecular complexity index is 393. The van der Waals surface area contributed by atoms with E-state index in [1.54, 1.807) is 14.2 Å². The Morgan fingerprint density at radius 1 is 1.19 bits per heavy atom. The van der Waals surface area contributed by atoms with Gasteiger partial charge < -0.3 is 19.7 Å². The van der Waals surface area contributed by atoms with Gasteiger partial charge in [0, 0.05) is 51.3 Å². The lowest BCUT2D eigenvalue weighted by molar-refractivity contribution is 0.189. The number of hydrogen-bond donors (Lipinski definition) is 1. The van der Waals surface area contributed by atoms with E-state index in [1.807, 2.05) is 13.1 Å². The summed E-state index contributed by atoms with van der Waals surface area (Å²) < 4.78 is 10.3. The largest absolute Gasteiger partial charge is 0.383 e. The molecule has 1 rings (SSSR count). The Morgan fingerprint density at radius 2 is 1.86 bits per heavy atom. The fraction of sp³-hybridized carbons (Fsp3) is 0.733. The van der Waals surface area contributed by atoms with Gasteiger partial charge in [0.05, 0.1) is 13.2 Å². The molecule has 0 aliphatic carbocycles. The summed E-state index contributed by atoms with van der Waals surface area (Å²) in [6, 6.07) is 0. The molecule has 0 atom stereocenters. The minimum atomic E-state index is 0.645. The predicted molar refractivity (Wildman–Crippen MR) is 84.7 cm³/mol. The topological polar surface area (TPSA) is 59.5 Å². The summed E-state index contributed by atoms with van der Waals surface area (Å²) >= 11 is 0. The third-order valence-corrected chi connectivity index (χ3v) is 3.22. The van der Waals surface area contributed by atoms with Crippen molar-refractivity contribution in [3.8, 4) is 0 Å². The second-order valence-electron chi connectivity index (χ2n) is 4.93. The number of aromatic nitrogens is 2. The average molecular weight is 296 g/mol. The highest BCUT2D eigenvalue weighted by atomic mass is 16.5. The Labute approximate surface area is 127 Å². The van der Waals surface area contributed by atoms with Gasteiger partial charge in [0.15, 0.2) is 0 Å². The zero-order valence-corrected chi connectivity index (χ0v) is 13.7. The molecule has 0 aliphatic rings. The summed E-state index contributed by atoms with van der Waals surface area (Å²) in [5, 5.41) is 3.38. The van der Waals surface area contributed by atoms with Crippen LogP contribution in [0.5, 0.6) is 0 Å². The smallest absolute Gasteiger partial charge is 0.225 e. The number of hydrogen-bond acceptors (Lipinski definition) is 6. The van der Waals surface area contributed by atoms with Crippen LogP contribution in [0.3, 0.4) is 0 Å². The van der Waals surface area contributed by atoms with Crippen molar-refractivity contribution in [3.05, 3.63) is 17.5 Å². The summed E-state index contributed by atoms with van der Waals surface area (Å²) in [5.41, 5.74) is 2.16. The lowest BCUT2D eigenvalue weighted by atomic mass is 10.2. The molecule has 6 heteroatoms. The van der Waals surface area contributed by atoms with E-state index in [-0.39, 0.29) is 0 Å². The lowest BCUT2D eigenvalue weighted by Gasteiger charge is -2.22. The van der Waals surface area contributed by atoms with Gasteiger partial charge in [0.2, 0.25) is 5.95 Å². The van der Waals surface area contributed by atoms with Crippen LogP contribution in [0.2, 0.25) is 0 Å². The first kappa shape index (κ1) is 17.8. The molecule has 0 saturated heterocycles. The van der Waals surface area contributed by atoms with Crippen molar-refractivity contribution in [2.24, 2.45) is 0 Å². The van der Waals surface area contributed by atoms with Gasteiger partial charge in [-0.25, -0.2) is 9.97 Å². The second-order valence-corrected chi connectivity index (χ2v) is 4.93. The SMILES string of the molecule is CCCNCc1cnc(N(CCOC)CCOC)nc1C. The van der Waals surface area contributed by atoms with Crippen LogP contribution in [-0.2, 0) is 16.0 Å². The number of anilines is 1. The van der Waals surface area contributed by atoms with Gasteiger partial charge in [-0.15, -0.1) is 0 Å². The zero-order valence-electron chi connectivity index (χ0n) is 13.7. The Hall–Kier alpha value is -1.24. The molecule has 6 nitrogen and oxygen atoms in total. The van der Waals surface area contributed by atoms with Gasteiger partial charge in [0.25, 0.3) is 0 Å². The number of rotatable bonds is 11. The molecule has 0 unspecified atom stereocenters. The summed E-state index contributed by atoms with van der Waals surface area (Å²) in [5.74, 6) is 0.737. The van der Waals surface area contributed by atoms with Crippen LogP contribution < -0.4 is 10.2 Å². The van der Waals surface area contributed by atoms with E-state index in [4.69, 9.17) is 9.47 Å². The highest BCUT2D eigenvalue weighted by molar-refractivity contribution is 5.32. The van der Waals surface area contributed by atoms with E-state index in [0.717, 1.165) is 49.8 Å². The van der Waals surface area contributed by atoms with Crippen LogP contribution in [0.1, 0.15) is 24.6 Å². The van der Waals surface area contributed by atoms with Crippen LogP contribution in [0.25, 0.3) is 0 Å². The monoisotopic (exact) mass is 296 g/mol. The van der Waals surface area contributed by atoms with Gasteiger partial charge in [-0.1, -0.05) is 6.92 Å². The molecule has 0 amide bonds. The Morgan fingerprint density at radius 3 is 2.38 bits per heavy atom. The van der Waals surface area contributed by atoms with Crippen LogP contribution in [0.15, 0.2) is 6.20 Å². The first-order valence-electron chi connectivity index (χ1n) is 7.49. The molecule has 0 fully saturated rings. The summed E-state index contributed by atoms with van der Waals surface area (Å²) in [7, 11) is 3.40. The fourth-order valence-electron chi connectivity index (χ4n) is 1.92. The number of ether oxygens (including phenoxy) is 2. The van der Waals surface area contributed by atoms with Gasteiger partial charge in [0.1, 0.15) is 0 Å². The molecule has 0 radical (unpaired) electrons. The number of methoxy groups -OCH3 is 2. The predicted octanol–water partition coefficient (Wildman–Crippen LogP) is 1.38. The number of aryl methyl sites for hydroxylation is 1. The van der Waals surface area contributed by atoms with Crippen molar-refractivity contribution in [1.82, 2.24) is 15.3 Å². The molecule has 0 spiro atoms. The molecule has 1 aromatic heterocycles. The molecule has 120 valence electrons. The fourth-order valence-corrected chi connectivity index (χ4v) is 1.92. The summed E-state index contributed by atoms with van der Waals surface area (Å²) in [4.78, 5) is 11.2. The number of nitrogens with zero attached hydrogens (tertiary/aromatic N) is 3. The van der Waals surface area contributed by atoms with Crippen molar-refractivity contribution in [2.75, 3.05) is 52.0 Å². The molecule has 1 heterocycles. The Kier molecular flexibility index (Phi) is 8.89. The van der Waals surface area contributed by atoms with E-state index in [9.17, 15) is 0 Å². The summed E-state index contributed by atoms with van der Waals surface area (Å²) in [6.45, 7) is 8.81. The van der Waals surface area contributed by atoms with Crippen molar-refractivity contribution in [2.45, 2.75) is 26.8 Å². The van der Waals surface area contributed by atoms with Crippen LogP contribution in [0, 0.1) is 6.92 Å². The highest BCUT2D eigenvalue weighted by Crippen LogP contribution is 2.11. The van der Waals surface area contributed by atoms with E-state index < -0.39 is 0 Å². The van der Waals surface area contributed by atoms with Crippen LogP contribution in [0.4, 0.5) is 5.95 Å². The molecular weight excluding hydrogens is 268 g/mol. The highest BCUT2D eigenvalue weighted by Gasteiger charge is 2.11. The van der Waals surface area contributed by atoms with E-state index in [0.29, 0.717) is 13.2 Å². The molecule has 21 heavy (non-hydrogen) atoms. The average Bonchev–Trinajstić information content (AvgIpc) is 2.49. The van der Waals surface area contributed by atoms with Crippen molar-refractivity contribution in [3.63, 3.8) is 0 Å². The first-order valence-corrected chi connectivity index (χ1v) is 7.49. The standard InChI is InChI=1S/C15H28N4O2/c1-5-6-16-11-14-12-17-15(18-13(14)2)19(7-9-20-3)8-10-21-4/h12,16H,5-11H2,1-4H3. The third kappa shape index (κ3) is 6.37. The van der Waals surface area contributed by atoms with Gasteiger partial charge in [-0.05, 0) is 19.9 Å². The molecule has 0 aliphatic heterocycles. The van der Waals surface area contributed by atoms with Crippen LogP contribution >= 0.6 is 0 Å². The summed E-state index contributed by atoms with van der Waals surface area (Å²) in [6.07, 6.45) is 3.03. The van der Waals surface area contributed by atoms with E-state index in [2.05, 4.69) is 27.1 Å². The molecule has 1 N–H and O–H groups in total. The van der Waals surface area contributed by atoms with Gasteiger partial charge in [-0.3, -0.25) is 0 Å². The van der Waals surface area contributed by atoms with Crippen LogP contribution in [-0.4, -0.2) is 57.0 Å². The quantitative estimate of drug-likeness (QED) is 0.623. The maximum Gasteiger partial charge on any atom is 0.225 e. The molecule has 0 saturated carbocycles. The molecule has 0 aromatic carbocycles. The first-order chi connectivity index (χ1) is 10.2. The minimum Gasteiger partial charge on any atom is -0.383 e. The lowest BCUT2D eigenvalue weighted by Crippen LogP contribution is -2.32. The molecule has 1 aromatic rings. The van der Waals surface area contributed by atoms with Gasteiger partial charge >= 0.3 is 0 Å². The van der Waals surface area contributed by atoms with Crippen molar-refractivity contribution >= 4 is 5.95 Å². The zero-order chi connectivity index (χ0) is 15.5. The Balaban J connectivity index is 2.71. The second kappa shape index (κ2) is 10.5. The normalized spacial score (nSPS) is 10.9. The minimum absolute atomic E-state index is 0.645. The number of nitrogens with one attached hydrogen (secondary N) is 1. The van der Waals surface area contributed by atoms with Crippen molar-refractivity contribution < 1.29 is 9.47 Å². The third-order valence-electron chi connectivity index (χ3n) is 3.22. The van der Waals surface area contributed by atoms with E-state index >= 15 is 0 Å². The maximum atomic E-state index is 5.15.